The van der Waals surface area contributed by atoms with Gasteiger partial charge in [-0.2, -0.15) is 0 Å². The van der Waals surface area contributed by atoms with Crippen molar-refractivity contribution in [2.45, 2.75) is 25.9 Å². The van der Waals surface area contributed by atoms with E-state index in [1.165, 1.54) is 6.26 Å². The number of furan rings is 1. The summed E-state index contributed by atoms with van der Waals surface area (Å²) >= 11 is 0. The molecule has 0 saturated heterocycles. The number of rotatable bonds is 7. The van der Waals surface area contributed by atoms with Crippen LogP contribution in [0, 0.1) is 6.92 Å². The Balaban J connectivity index is 1.75. The van der Waals surface area contributed by atoms with Crippen LogP contribution in [0.2, 0.25) is 0 Å². The van der Waals surface area contributed by atoms with Crippen molar-refractivity contribution in [1.82, 2.24) is 10.6 Å². The molecule has 1 atom stereocenters. The van der Waals surface area contributed by atoms with Gasteiger partial charge in [0.2, 0.25) is 0 Å². The smallest absolute Gasteiger partial charge is 0.314 e. The van der Waals surface area contributed by atoms with Crippen LogP contribution in [0.25, 0.3) is 0 Å². The normalized spacial score (nSPS) is 13.2. The molecule has 0 fully saturated rings. The van der Waals surface area contributed by atoms with Crippen molar-refractivity contribution in [2.24, 2.45) is 0 Å². The number of aryl methyl sites for hydroxylation is 1. The average Bonchev–Trinajstić information content (AvgIpc) is 3.10. The zero-order valence-corrected chi connectivity index (χ0v) is 14.3. The number of carbonyl (C=O) groups excluding carboxylic acids is 1. The molecular formula is C18H24N2O4. The van der Waals surface area contributed by atoms with Gasteiger partial charge in [-0.05, 0) is 49.6 Å². The maximum atomic E-state index is 11.8. The molecule has 0 aliphatic carbocycles. The van der Waals surface area contributed by atoms with Gasteiger partial charge >= 0.3 is 6.03 Å². The quantitative estimate of drug-likeness (QED) is 0.727. The summed E-state index contributed by atoms with van der Waals surface area (Å²) in [6.07, 6.45) is 2.18. The molecule has 6 heteroatoms. The topological polar surface area (TPSA) is 83.7 Å². The Morgan fingerprint density at radius 1 is 1.33 bits per heavy atom. The number of aliphatic hydroxyl groups is 1. The molecule has 2 amide bonds. The van der Waals surface area contributed by atoms with Crippen molar-refractivity contribution in [1.29, 1.82) is 0 Å². The number of methoxy groups -OCH3 is 1. The summed E-state index contributed by atoms with van der Waals surface area (Å²) < 4.78 is 10.5. The molecule has 0 radical (unpaired) electrons. The maximum Gasteiger partial charge on any atom is 0.314 e. The molecule has 0 bridgehead atoms. The lowest BCUT2D eigenvalue weighted by Crippen LogP contribution is -2.43. The van der Waals surface area contributed by atoms with Gasteiger partial charge in [0, 0.05) is 6.54 Å². The van der Waals surface area contributed by atoms with Crippen LogP contribution < -0.4 is 15.4 Å². The molecule has 130 valence electrons. The summed E-state index contributed by atoms with van der Waals surface area (Å²) in [6, 6.07) is 9.01. The SMILES string of the molecule is COc1cc(CCNC(=O)NCC(C)(O)c2ccco2)ccc1C. The van der Waals surface area contributed by atoms with Crippen LogP contribution in [0.5, 0.6) is 5.75 Å². The number of urea groups is 1. The Bertz CT molecular complexity index is 666. The van der Waals surface area contributed by atoms with E-state index in [-0.39, 0.29) is 12.6 Å². The highest BCUT2D eigenvalue weighted by Gasteiger charge is 2.26. The van der Waals surface area contributed by atoms with Gasteiger partial charge in [-0.25, -0.2) is 4.79 Å². The summed E-state index contributed by atoms with van der Waals surface area (Å²) in [4.78, 5) is 11.8. The number of benzene rings is 1. The Kier molecular flexibility index (Phi) is 5.87. The van der Waals surface area contributed by atoms with Crippen molar-refractivity contribution in [3.8, 4) is 5.75 Å². The molecular weight excluding hydrogens is 308 g/mol. The molecule has 6 nitrogen and oxygen atoms in total. The van der Waals surface area contributed by atoms with Crippen LogP contribution in [0.1, 0.15) is 23.8 Å². The molecule has 2 aromatic rings. The molecule has 0 aliphatic rings. The van der Waals surface area contributed by atoms with Crippen LogP contribution in [0.3, 0.4) is 0 Å². The predicted molar refractivity (Wildman–Crippen MR) is 91.1 cm³/mol. The van der Waals surface area contributed by atoms with Crippen molar-refractivity contribution in [3.63, 3.8) is 0 Å². The van der Waals surface area contributed by atoms with Gasteiger partial charge in [0.1, 0.15) is 17.1 Å². The second kappa shape index (κ2) is 7.88. The van der Waals surface area contributed by atoms with Crippen LogP contribution in [-0.4, -0.2) is 31.3 Å². The first-order chi connectivity index (χ1) is 11.4. The lowest BCUT2D eigenvalue weighted by molar-refractivity contribution is 0.0367. The molecule has 0 spiro atoms. The summed E-state index contributed by atoms with van der Waals surface area (Å²) in [5, 5.41) is 15.7. The number of nitrogens with one attached hydrogen (secondary N) is 2. The molecule has 2 rings (SSSR count). The first kappa shape index (κ1) is 17.9. The first-order valence-electron chi connectivity index (χ1n) is 7.84. The van der Waals surface area contributed by atoms with Gasteiger partial charge in [0.15, 0.2) is 0 Å². The van der Waals surface area contributed by atoms with E-state index in [1.54, 1.807) is 26.2 Å². The van der Waals surface area contributed by atoms with E-state index in [9.17, 15) is 9.90 Å². The largest absolute Gasteiger partial charge is 0.496 e. The van der Waals surface area contributed by atoms with Gasteiger partial charge in [-0.15, -0.1) is 0 Å². The van der Waals surface area contributed by atoms with Crippen molar-refractivity contribution in [3.05, 3.63) is 53.5 Å². The molecule has 0 saturated carbocycles. The standard InChI is InChI=1S/C18H24N2O4/c1-13-6-7-14(11-15(13)23-3)8-9-19-17(21)20-12-18(2,22)16-5-4-10-24-16/h4-7,10-11,22H,8-9,12H2,1-3H3,(H2,19,20,21). The molecule has 1 aromatic carbocycles. The number of ether oxygens (including phenoxy) is 1. The van der Waals surface area contributed by atoms with Gasteiger partial charge in [-0.1, -0.05) is 12.1 Å². The fraction of sp³-hybridized carbons (Fsp3) is 0.389. The Hall–Kier alpha value is -2.47. The highest BCUT2D eigenvalue weighted by atomic mass is 16.5. The first-order valence-corrected chi connectivity index (χ1v) is 7.84. The van der Waals surface area contributed by atoms with E-state index in [0.717, 1.165) is 16.9 Å². The maximum absolute atomic E-state index is 11.8. The lowest BCUT2D eigenvalue weighted by atomic mass is 10.0. The van der Waals surface area contributed by atoms with E-state index in [2.05, 4.69) is 10.6 Å². The van der Waals surface area contributed by atoms with E-state index in [4.69, 9.17) is 9.15 Å². The Labute approximate surface area is 141 Å². The van der Waals surface area contributed by atoms with Crippen LogP contribution >= 0.6 is 0 Å². The number of amides is 2. The average molecular weight is 332 g/mol. The number of carbonyl (C=O) groups is 1. The van der Waals surface area contributed by atoms with Gasteiger partial charge < -0.3 is 24.9 Å². The monoisotopic (exact) mass is 332 g/mol. The molecule has 1 aromatic heterocycles. The van der Waals surface area contributed by atoms with Gasteiger partial charge in [-0.3, -0.25) is 0 Å². The molecule has 1 heterocycles. The van der Waals surface area contributed by atoms with Crippen molar-refractivity contribution in [2.75, 3.05) is 20.2 Å². The van der Waals surface area contributed by atoms with Gasteiger partial charge in [0.05, 0.1) is 19.9 Å². The predicted octanol–water partition coefficient (Wildman–Crippen LogP) is 2.35. The Morgan fingerprint density at radius 2 is 2.12 bits per heavy atom. The second-order valence-corrected chi connectivity index (χ2v) is 5.91. The Morgan fingerprint density at radius 3 is 2.79 bits per heavy atom. The summed E-state index contributed by atoms with van der Waals surface area (Å²) in [5.74, 6) is 1.25. The minimum Gasteiger partial charge on any atom is -0.496 e. The van der Waals surface area contributed by atoms with E-state index < -0.39 is 5.60 Å². The highest BCUT2D eigenvalue weighted by molar-refractivity contribution is 5.73. The molecule has 3 N–H and O–H groups in total. The van der Waals surface area contributed by atoms with E-state index >= 15 is 0 Å². The van der Waals surface area contributed by atoms with Gasteiger partial charge in [0.25, 0.3) is 0 Å². The zero-order valence-electron chi connectivity index (χ0n) is 14.3. The van der Waals surface area contributed by atoms with Crippen LogP contribution in [-0.2, 0) is 12.0 Å². The van der Waals surface area contributed by atoms with Crippen molar-refractivity contribution >= 4 is 6.03 Å². The second-order valence-electron chi connectivity index (χ2n) is 5.91. The molecule has 24 heavy (non-hydrogen) atoms. The minimum atomic E-state index is -1.24. The van der Waals surface area contributed by atoms with Crippen LogP contribution in [0.15, 0.2) is 41.0 Å². The minimum absolute atomic E-state index is 0.0602. The van der Waals surface area contributed by atoms with Crippen LogP contribution in [0.4, 0.5) is 4.79 Å². The van der Waals surface area contributed by atoms with Crippen molar-refractivity contribution < 1.29 is 19.1 Å². The number of hydrogen-bond acceptors (Lipinski definition) is 4. The summed E-state index contributed by atoms with van der Waals surface area (Å²) in [6.45, 7) is 4.12. The summed E-state index contributed by atoms with van der Waals surface area (Å²) in [7, 11) is 1.64. The lowest BCUT2D eigenvalue weighted by Gasteiger charge is -2.21. The summed E-state index contributed by atoms with van der Waals surface area (Å²) in [5.41, 5.74) is 0.915. The zero-order chi connectivity index (χ0) is 17.6. The fourth-order valence-corrected chi connectivity index (χ4v) is 2.33. The third-order valence-electron chi connectivity index (χ3n) is 3.82. The molecule has 0 aliphatic heterocycles. The molecule has 1 unspecified atom stereocenters. The fourth-order valence-electron chi connectivity index (χ4n) is 2.33. The third-order valence-corrected chi connectivity index (χ3v) is 3.82. The number of hydrogen-bond donors (Lipinski definition) is 3. The van der Waals surface area contributed by atoms with E-state index in [1.807, 2.05) is 25.1 Å². The highest BCUT2D eigenvalue weighted by Crippen LogP contribution is 2.20. The van der Waals surface area contributed by atoms with E-state index in [0.29, 0.717) is 18.7 Å². The third kappa shape index (κ3) is 4.76.